The van der Waals surface area contributed by atoms with Gasteiger partial charge < -0.3 is 0 Å². The van der Waals surface area contributed by atoms with Crippen LogP contribution in [0.25, 0.3) is 94.9 Å². The lowest BCUT2D eigenvalue weighted by Gasteiger charge is -2.13. The fraction of sp³-hybridized carbons (Fsp3) is 0. The molecule has 44 heavy (non-hydrogen) atoms. The summed E-state index contributed by atoms with van der Waals surface area (Å²) >= 11 is 3.79. The summed E-state index contributed by atoms with van der Waals surface area (Å²) in [4.78, 5) is 0. The Kier molecular flexibility index (Phi) is 5.13. The summed E-state index contributed by atoms with van der Waals surface area (Å²) in [5.74, 6) is 0. The van der Waals surface area contributed by atoms with E-state index in [1.54, 1.807) is 0 Å². The van der Waals surface area contributed by atoms with Gasteiger partial charge >= 0.3 is 0 Å². The van der Waals surface area contributed by atoms with Crippen molar-refractivity contribution < 1.29 is 0 Å². The van der Waals surface area contributed by atoms with Gasteiger partial charge in [-0.2, -0.15) is 0 Å². The molecule has 8 aromatic carbocycles. The highest BCUT2D eigenvalue weighted by Gasteiger charge is 2.14. The minimum absolute atomic E-state index is 1.24. The molecular formula is C42H24S2. The van der Waals surface area contributed by atoms with Gasteiger partial charge in [0.25, 0.3) is 0 Å². The van der Waals surface area contributed by atoms with Gasteiger partial charge in [0.05, 0.1) is 0 Å². The van der Waals surface area contributed by atoms with E-state index in [1.165, 1.54) is 94.9 Å². The van der Waals surface area contributed by atoms with Crippen molar-refractivity contribution >= 4 is 95.3 Å². The molecule has 2 heterocycles. The van der Waals surface area contributed by atoms with Crippen LogP contribution in [0, 0.1) is 0 Å². The van der Waals surface area contributed by atoms with Crippen molar-refractivity contribution in [2.75, 3.05) is 0 Å². The Morgan fingerprint density at radius 3 is 1.66 bits per heavy atom. The predicted molar refractivity (Wildman–Crippen MR) is 196 cm³/mol. The van der Waals surface area contributed by atoms with Crippen molar-refractivity contribution in [2.45, 2.75) is 0 Å². The van der Waals surface area contributed by atoms with E-state index >= 15 is 0 Å². The maximum absolute atomic E-state index is 2.43. The molecule has 0 aliphatic carbocycles. The van der Waals surface area contributed by atoms with Gasteiger partial charge in [-0.15, -0.1) is 22.7 Å². The van der Waals surface area contributed by atoms with E-state index in [2.05, 4.69) is 146 Å². The maximum Gasteiger partial charge on any atom is 0.0362 e. The first kappa shape index (κ1) is 24.4. The van der Waals surface area contributed by atoms with E-state index in [4.69, 9.17) is 0 Å². The average Bonchev–Trinajstić information content (AvgIpc) is 3.64. The smallest absolute Gasteiger partial charge is 0.0362 e. The topological polar surface area (TPSA) is 0 Å². The van der Waals surface area contributed by atoms with E-state index in [1.807, 2.05) is 22.7 Å². The molecule has 2 aromatic heterocycles. The third kappa shape index (κ3) is 3.56. The molecule has 0 aliphatic heterocycles. The van der Waals surface area contributed by atoms with Gasteiger partial charge in [0.2, 0.25) is 0 Å². The first-order valence-corrected chi connectivity index (χ1v) is 16.6. The zero-order valence-corrected chi connectivity index (χ0v) is 25.3. The maximum atomic E-state index is 2.43. The summed E-state index contributed by atoms with van der Waals surface area (Å²) in [5.41, 5.74) is 5.06. The average molecular weight is 593 g/mol. The van der Waals surface area contributed by atoms with Gasteiger partial charge in [-0.05, 0) is 97.0 Å². The van der Waals surface area contributed by atoms with E-state index in [0.29, 0.717) is 0 Å². The Hall–Kier alpha value is -5.02. The zero-order valence-electron chi connectivity index (χ0n) is 23.7. The normalized spacial score (nSPS) is 12.1. The molecule has 0 saturated carbocycles. The van der Waals surface area contributed by atoms with Crippen LogP contribution in [0.2, 0.25) is 0 Å². The highest BCUT2D eigenvalue weighted by molar-refractivity contribution is 7.26. The Balaban J connectivity index is 1.11. The SMILES string of the molecule is c1ccc2c(-c3ccc(-c4ccc5sc6cc7c(ccc8sc9ccccc9c87)cc6c5c4)cc3)c3ccccc3cc2c1. The highest BCUT2D eigenvalue weighted by Crippen LogP contribution is 2.44. The number of rotatable bonds is 2. The lowest BCUT2D eigenvalue weighted by Crippen LogP contribution is -1.86. The Morgan fingerprint density at radius 2 is 0.864 bits per heavy atom. The van der Waals surface area contributed by atoms with E-state index in [0.717, 1.165) is 0 Å². The molecule has 0 atom stereocenters. The van der Waals surface area contributed by atoms with Gasteiger partial charge in [0.1, 0.15) is 0 Å². The summed E-state index contributed by atoms with van der Waals surface area (Å²) in [6.07, 6.45) is 0. The molecule has 0 amide bonds. The number of thiophene rings is 2. The van der Waals surface area contributed by atoms with Crippen LogP contribution in [0.5, 0.6) is 0 Å². The summed E-state index contributed by atoms with van der Waals surface area (Å²) in [6, 6.07) is 54.2. The van der Waals surface area contributed by atoms with Gasteiger partial charge in [-0.1, -0.05) is 103 Å². The van der Waals surface area contributed by atoms with Crippen LogP contribution in [0.15, 0.2) is 146 Å². The molecule has 10 rings (SSSR count). The molecule has 0 nitrogen and oxygen atoms in total. The van der Waals surface area contributed by atoms with Crippen LogP contribution in [-0.2, 0) is 0 Å². The standard InChI is InChI=1S/C42H24S2/c1-3-9-31-28(7-1)21-29-8-2-4-10-32(29)41(31)26-15-13-25(14-16-26)27-17-19-38-35(22-27)36-23-30-18-20-39-42(34(30)24-40(36)44-38)33-11-5-6-12-37(33)43-39/h1-24H. The fourth-order valence-electron chi connectivity index (χ4n) is 7.15. The van der Waals surface area contributed by atoms with Crippen molar-refractivity contribution in [1.82, 2.24) is 0 Å². The van der Waals surface area contributed by atoms with Crippen LogP contribution in [-0.4, -0.2) is 0 Å². The van der Waals surface area contributed by atoms with Crippen molar-refractivity contribution in [2.24, 2.45) is 0 Å². The Bertz CT molecular complexity index is 2700. The van der Waals surface area contributed by atoms with Gasteiger partial charge in [0, 0.05) is 40.3 Å². The first-order valence-electron chi connectivity index (χ1n) is 15.0. The number of benzene rings is 8. The van der Waals surface area contributed by atoms with Gasteiger partial charge in [-0.3, -0.25) is 0 Å². The molecule has 0 radical (unpaired) electrons. The van der Waals surface area contributed by atoms with Crippen LogP contribution in [0.3, 0.4) is 0 Å². The van der Waals surface area contributed by atoms with E-state index < -0.39 is 0 Å². The molecule has 0 aliphatic rings. The summed E-state index contributed by atoms with van der Waals surface area (Å²) in [6.45, 7) is 0. The second-order valence-corrected chi connectivity index (χ2v) is 13.9. The summed E-state index contributed by atoms with van der Waals surface area (Å²) in [5, 5.41) is 13.3. The summed E-state index contributed by atoms with van der Waals surface area (Å²) < 4.78 is 5.41. The lowest BCUT2D eigenvalue weighted by molar-refractivity contribution is 1.64. The molecule has 0 spiro atoms. The van der Waals surface area contributed by atoms with Crippen molar-refractivity contribution in [3.8, 4) is 22.3 Å². The number of hydrogen-bond donors (Lipinski definition) is 0. The molecule has 0 unspecified atom stereocenters. The quantitative estimate of drug-likeness (QED) is 0.175. The number of hydrogen-bond acceptors (Lipinski definition) is 2. The minimum Gasteiger partial charge on any atom is -0.135 e. The molecule has 0 bridgehead atoms. The highest BCUT2D eigenvalue weighted by atomic mass is 32.1. The molecule has 0 saturated heterocycles. The van der Waals surface area contributed by atoms with E-state index in [-0.39, 0.29) is 0 Å². The molecule has 2 heteroatoms. The third-order valence-corrected chi connectivity index (χ3v) is 11.5. The second kappa shape index (κ2) is 9.24. The Morgan fingerprint density at radius 1 is 0.295 bits per heavy atom. The van der Waals surface area contributed by atoms with Gasteiger partial charge in [0.15, 0.2) is 0 Å². The van der Waals surface area contributed by atoms with Crippen molar-refractivity contribution in [1.29, 1.82) is 0 Å². The number of fused-ring (bicyclic) bond motifs is 10. The molecule has 204 valence electrons. The van der Waals surface area contributed by atoms with Crippen molar-refractivity contribution in [3.05, 3.63) is 146 Å². The van der Waals surface area contributed by atoms with Crippen molar-refractivity contribution in [3.63, 3.8) is 0 Å². The monoisotopic (exact) mass is 592 g/mol. The first-order chi connectivity index (χ1) is 21.8. The fourth-order valence-corrected chi connectivity index (χ4v) is 9.38. The van der Waals surface area contributed by atoms with Crippen LogP contribution < -0.4 is 0 Å². The van der Waals surface area contributed by atoms with Crippen LogP contribution >= 0.6 is 22.7 Å². The van der Waals surface area contributed by atoms with Crippen LogP contribution in [0.1, 0.15) is 0 Å². The van der Waals surface area contributed by atoms with Gasteiger partial charge in [-0.25, -0.2) is 0 Å². The predicted octanol–water partition coefficient (Wildman–Crippen LogP) is 13.2. The minimum atomic E-state index is 1.24. The zero-order chi connectivity index (χ0) is 28.8. The third-order valence-electron chi connectivity index (χ3n) is 9.23. The molecule has 0 N–H and O–H groups in total. The van der Waals surface area contributed by atoms with Crippen LogP contribution in [0.4, 0.5) is 0 Å². The molecular weight excluding hydrogens is 569 g/mol. The van der Waals surface area contributed by atoms with E-state index in [9.17, 15) is 0 Å². The lowest BCUT2D eigenvalue weighted by atomic mass is 9.91. The Labute approximate surface area is 262 Å². The molecule has 0 fully saturated rings. The second-order valence-electron chi connectivity index (χ2n) is 11.7. The summed E-state index contributed by atoms with van der Waals surface area (Å²) in [7, 11) is 0. The molecule has 10 aromatic rings. The largest absolute Gasteiger partial charge is 0.135 e.